The number of fused-ring (bicyclic) bond motifs is 1. The molecule has 100 valence electrons. The lowest BCUT2D eigenvalue weighted by molar-refractivity contribution is 0.0696. The van der Waals surface area contributed by atoms with Crippen molar-refractivity contribution in [3.05, 3.63) is 70.3 Å². The number of hydrogen-bond acceptors (Lipinski definition) is 1. The van der Waals surface area contributed by atoms with E-state index in [9.17, 15) is 4.79 Å². The van der Waals surface area contributed by atoms with E-state index in [2.05, 4.69) is 38.7 Å². The number of rotatable bonds is 3. The topological polar surface area (TPSA) is 42.2 Å². The van der Waals surface area contributed by atoms with Gasteiger partial charge in [-0.1, -0.05) is 34.1 Å². The van der Waals surface area contributed by atoms with Gasteiger partial charge in [0, 0.05) is 22.7 Å². The lowest BCUT2D eigenvalue weighted by atomic mass is 10.1. The highest BCUT2D eigenvalue weighted by molar-refractivity contribution is 9.10. The first-order valence-corrected chi connectivity index (χ1v) is 6.99. The van der Waals surface area contributed by atoms with Crippen molar-refractivity contribution in [1.29, 1.82) is 0 Å². The van der Waals surface area contributed by atoms with Gasteiger partial charge in [-0.25, -0.2) is 4.79 Å². The number of carboxylic acids is 1. The molecule has 4 heteroatoms. The summed E-state index contributed by atoms with van der Waals surface area (Å²) in [7, 11) is 0. The molecule has 0 spiro atoms. The second-order valence-corrected chi connectivity index (χ2v) is 5.57. The fraction of sp³-hybridized carbons (Fsp3) is 0.0625. The maximum Gasteiger partial charge on any atom is 0.335 e. The van der Waals surface area contributed by atoms with Crippen molar-refractivity contribution in [2.24, 2.45) is 0 Å². The molecule has 0 unspecified atom stereocenters. The fourth-order valence-corrected chi connectivity index (χ4v) is 2.64. The maximum atomic E-state index is 11.0. The molecule has 3 rings (SSSR count). The predicted molar refractivity (Wildman–Crippen MR) is 82.1 cm³/mol. The average molecular weight is 330 g/mol. The van der Waals surface area contributed by atoms with Crippen LogP contribution < -0.4 is 0 Å². The largest absolute Gasteiger partial charge is 0.478 e. The molecule has 0 aliphatic carbocycles. The lowest BCUT2D eigenvalue weighted by Gasteiger charge is -2.07. The SMILES string of the molecule is O=C(O)c1cccc(Cn2ccc3ccc(Br)cc32)c1. The zero-order chi connectivity index (χ0) is 14.1. The van der Waals surface area contributed by atoms with Crippen molar-refractivity contribution in [2.45, 2.75) is 6.54 Å². The quantitative estimate of drug-likeness (QED) is 0.784. The molecular weight excluding hydrogens is 318 g/mol. The van der Waals surface area contributed by atoms with E-state index in [4.69, 9.17) is 5.11 Å². The molecule has 0 saturated carbocycles. The third-order valence-corrected chi connectivity index (χ3v) is 3.76. The van der Waals surface area contributed by atoms with Gasteiger partial charge < -0.3 is 9.67 Å². The van der Waals surface area contributed by atoms with E-state index >= 15 is 0 Å². The molecule has 2 aromatic carbocycles. The number of carbonyl (C=O) groups is 1. The summed E-state index contributed by atoms with van der Waals surface area (Å²) in [6, 6.07) is 15.2. The highest BCUT2D eigenvalue weighted by Gasteiger charge is 2.06. The van der Waals surface area contributed by atoms with Gasteiger partial charge in [-0.3, -0.25) is 0 Å². The molecule has 3 aromatic rings. The molecule has 3 nitrogen and oxygen atoms in total. The van der Waals surface area contributed by atoms with Crippen LogP contribution in [0.3, 0.4) is 0 Å². The molecule has 0 fully saturated rings. The van der Waals surface area contributed by atoms with Gasteiger partial charge in [-0.05, 0) is 41.3 Å². The van der Waals surface area contributed by atoms with Gasteiger partial charge in [0.1, 0.15) is 0 Å². The first kappa shape index (κ1) is 12.9. The van der Waals surface area contributed by atoms with Crippen molar-refractivity contribution < 1.29 is 9.90 Å². The molecule has 1 N–H and O–H groups in total. The minimum Gasteiger partial charge on any atom is -0.478 e. The molecule has 0 saturated heterocycles. The molecule has 1 heterocycles. The summed E-state index contributed by atoms with van der Waals surface area (Å²) in [4.78, 5) is 11.0. The number of aromatic carboxylic acids is 1. The van der Waals surface area contributed by atoms with Gasteiger partial charge in [-0.15, -0.1) is 0 Å². The van der Waals surface area contributed by atoms with Crippen molar-refractivity contribution in [3.63, 3.8) is 0 Å². The van der Waals surface area contributed by atoms with E-state index in [0.29, 0.717) is 12.1 Å². The number of carboxylic acid groups (broad SMARTS) is 1. The van der Waals surface area contributed by atoms with Crippen molar-refractivity contribution in [2.75, 3.05) is 0 Å². The number of halogens is 1. The highest BCUT2D eigenvalue weighted by Crippen LogP contribution is 2.22. The Morgan fingerprint density at radius 3 is 2.80 bits per heavy atom. The van der Waals surface area contributed by atoms with Gasteiger partial charge in [0.2, 0.25) is 0 Å². The first-order valence-electron chi connectivity index (χ1n) is 6.20. The molecule has 0 atom stereocenters. The summed E-state index contributed by atoms with van der Waals surface area (Å²) in [5.74, 6) is -0.896. The standard InChI is InChI=1S/C16H12BrNO2/c17-14-5-4-12-6-7-18(15(12)9-14)10-11-2-1-3-13(8-11)16(19)20/h1-9H,10H2,(H,19,20). The summed E-state index contributed by atoms with van der Waals surface area (Å²) >= 11 is 3.48. The molecule has 0 aliphatic rings. The predicted octanol–water partition coefficient (Wildman–Crippen LogP) is 4.15. The van der Waals surface area contributed by atoms with Gasteiger partial charge in [0.15, 0.2) is 0 Å². The van der Waals surface area contributed by atoms with Crippen LogP contribution in [-0.4, -0.2) is 15.6 Å². The summed E-state index contributed by atoms with van der Waals surface area (Å²) in [5, 5.41) is 10.2. The van der Waals surface area contributed by atoms with Crippen molar-refractivity contribution in [3.8, 4) is 0 Å². The zero-order valence-electron chi connectivity index (χ0n) is 10.6. The molecule has 0 amide bonds. The second kappa shape index (κ2) is 5.13. The molecule has 20 heavy (non-hydrogen) atoms. The van der Waals surface area contributed by atoms with Crippen LogP contribution in [0.5, 0.6) is 0 Å². The average Bonchev–Trinajstić information content (AvgIpc) is 2.82. The monoisotopic (exact) mass is 329 g/mol. The Labute approximate surface area is 124 Å². The summed E-state index contributed by atoms with van der Waals surface area (Å²) in [5.41, 5.74) is 2.42. The van der Waals surface area contributed by atoms with Crippen LogP contribution in [-0.2, 0) is 6.54 Å². The number of aromatic nitrogens is 1. The van der Waals surface area contributed by atoms with Crippen LogP contribution in [0.2, 0.25) is 0 Å². The lowest BCUT2D eigenvalue weighted by Crippen LogP contribution is -2.01. The number of hydrogen-bond donors (Lipinski definition) is 1. The van der Waals surface area contributed by atoms with Crippen LogP contribution >= 0.6 is 15.9 Å². The Morgan fingerprint density at radius 1 is 1.15 bits per heavy atom. The third-order valence-electron chi connectivity index (χ3n) is 3.26. The van der Waals surface area contributed by atoms with Crippen LogP contribution in [0.1, 0.15) is 15.9 Å². The van der Waals surface area contributed by atoms with E-state index < -0.39 is 5.97 Å². The Kier molecular flexibility index (Phi) is 3.32. The van der Waals surface area contributed by atoms with Gasteiger partial charge in [-0.2, -0.15) is 0 Å². The first-order chi connectivity index (χ1) is 9.63. The molecule has 1 aromatic heterocycles. The Balaban J connectivity index is 1.99. The van der Waals surface area contributed by atoms with Gasteiger partial charge in [0.25, 0.3) is 0 Å². The summed E-state index contributed by atoms with van der Waals surface area (Å²) in [6.45, 7) is 0.654. The van der Waals surface area contributed by atoms with E-state index in [-0.39, 0.29) is 0 Å². The van der Waals surface area contributed by atoms with Crippen LogP contribution in [0.15, 0.2) is 59.2 Å². The Morgan fingerprint density at radius 2 is 2.00 bits per heavy atom. The van der Waals surface area contributed by atoms with Crippen LogP contribution in [0.25, 0.3) is 10.9 Å². The summed E-state index contributed by atoms with van der Waals surface area (Å²) < 4.78 is 3.14. The zero-order valence-corrected chi connectivity index (χ0v) is 12.2. The molecule has 0 aliphatic heterocycles. The smallest absolute Gasteiger partial charge is 0.335 e. The number of benzene rings is 2. The van der Waals surface area contributed by atoms with Crippen LogP contribution in [0, 0.1) is 0 Å². The van der Waals surface area contributed by atoms with E-state index in [1.807, 2.05) is 18.3 Å². The number of nitrogens with zero attached hydrogens (tertiary/aromatic N) is 1. The normalized spacial score (nSPS) is 10.8. The Hall–Kier alpha value is -2.07. The molecular formula is C16H12BrNO2. The third kappa shape index (κ3) is 2.47. The molecule has 0 radical (unpaired) electrons. The summed E-state index contributed by atoms with van der Waals surface area (Å²) in [6.07, 6.45) is 2.02. The van der Waals surface area contributed by atoms with Gasteiger partial charge in [0.05, 0.1) is 5.56 Å². The van der Waals surface area contributed by atoms with E-state index in [1.54, 1.807) is 18.2 Å². The Bertz CT molecular complexity index is 792. The van der Waals surface area contributed by atoms with Crippen molar-refractivity contribution >= 4 is 32.8 Å². The van der Waals surface area contributed by atoms with Crippen LogP contribution in [0.4, 0.5) is 0 Å². The fourth-order valence-electron chi connectivity index (χ4n) is 2.29. The second-order valence-electron chi connectivity index (χ2n) is 4.65. The van der Waals surface area contributed by atoms with Gasteiger partial charge >= 0.3 is 5.97 Å². The maximum absolute atomic E-state index is 11.0. The molecule has 0 bridgehead atoms. The van der Waals surface area contributed by atoms with E-state index in [0.717, 1.165) is 15.6 Å². The minimum absolute atomic E-state index is 0.320. The minimum atomic E-state index is -0.896. The van der Waals surface area contributed by atoms with Crippen molar-refractivity contribution in [1.82, 2.24) is 4.57 Å². The highest BCUT2D eigenvalue weighted by atomic mass is 79.9. The van der Waals surface area contributed by atoms with E-state index in [1.165, 1.54) is 5.39 Å².